The van der Waals surface area contributed by atoms with Gasteiger partial charge in [-0.3, -0.25) is 9.88 Å². The second-order valence-electron chi connectivity index (χ2n) is 7.84. The zero-order valence-corrected chi connectivity index (χ0v) is 16.2. The number of rotatable bonds is 4. The molecule has 4 unspecified atom stereocenters. The minimum absolute atomic E-state index is 0.0674. The number of ether oxygens (including phenoxy) is 2. The van der Waals surface area contributed by atoms with Crippen LogP contribution in [-0.4, -0.2) is 34.7 Å². The van der Waals surface area contributed by atoms with E-state index in [1.807, 2.05) is 35.2 Å². The zero-order valence-electron chi connectivity index (χ0n) is 16.2. The zero-order chi connectivity index (χ0) is 19.6. The van der Waals surface area contributed by atoms with Crippen molar-refractivity contribution >= 4 is 6.09 Å². The Morgan fingerprint density at radius 2 is 1.97 bits per heavy atom. The highest BCUT2D eigenvalue weighted by Gasteiger charge is 2.48. The maximum Gasteiger partial charge on any atom is 0.410 e. The maximum atomic E-state index is 12.7. The third-order valence-corrected chi connectivity index (χ3v) is 6.16. The highest BCUT2D eigenvalue weighted by Crippen LogP contribution is 2.43. The molecule has 0 spiro atoms. The molecule has 5 rings (SSSR count). The van der Waals surface area contributed by atoms with E-state index in [1.165, 1.54) is 5.56 Å². The van der Waals surface area contributed by atoms with Crippen molar-refractivity contribution in [1.29, 1.82) is 0 Å². The molecule has 2 aromatic rings. The summed E-state index contributed by atoms with van der Waals surface area (Å²) >= 11 is 0. The largest absolute Gasteiger partial charge is 0.470 e. The fraction of sp³-hybridized carbons (Fsp3) is 0.333. The standard InChI is InChI=1S/C24H24N2O3/c27-24-26(14-11-19-8-4-5-13-25-19)21-12-15-28-22-10-9-18(16-20(22)23(21)29-24)17-6-2-1-3-7-17/h1-8,10,12-13,15,18,20-21,23H,9,11,14,16H2. The fourth-order valence-electron chi connectivity index (χ4n) is 4.66. The lowest BCUT2D eigenvalue weighted by atomic mass is 9.77. The highest BCUT2D eigenvalue weighted by molar-refractivity contribution is 5.71. The van der Waals surface area contributed by atoms with Crippen molar-refractivity contribution in [2.24, 2.45) is 5.92 Å². The molecule has 29 heavy (non-hydrogen) atoms. The number of benzene rings is 1. The molecule has 0 N–H and O–H groups in total. The number of nitrogens with zero attached hydrogens (tertiary/aromatic N) is 2. The van der Waals surface area contributed by atoms with Gasteiger partial charge in [0.05, 0.1) is 18.2 Å². The van der Waals surface area contributed by atoms with E-state index in [9.17, 15) is 4.79 Å². The summed E-state index contributed by atoms with van der Waals surface area (Å²) in [5.74, 6) is 1.41. The van der Waals surface area contributed by atoms with Gasteiger partial charge in [0.1, 0.15) is 11.9 Å². The Balaban J connectivity index is 1.35. The molecule has 3 heterocycles. The lowest BCUT2D eigenvalue weighted by Crippen LogP contribution is -2.40. The summed E-state index contributed by atoms with van der Waals surface area (Å²) in [6.45, 7) is 0.579. The molecule has 1 saturated heterocycles. The molecule has 5 heteroatoms. The minimum Gasteiger partial charge on any atom is -0.470 e. The van der Waals surface area contributed by atoms with Gasteiger partial charge >= 0.3 is 6.09 Å². The van der Waals surface area contributed by atoms with Crippen LogP contribution in [0.4, 0.5) is 4.79 Å². The number of fused-ring (bicyclic) bond motifs is 3. The molecule has 1 aromatic heterocycles. The predicted octanol–water partition coefficient (Wildman–Crippen LogP) is 4.44. The van der Waals surface area contributed by atoms with Crippen LogP contribution < -0.4 is 0 Å². The van der Waals surface area contributed by atoms with Gasteiger partial charge < -0.3 is 9.47 Å². The quantitative estimate of drug-likeness (QED) is 0.777. The van der Waals surface area contributed by atoms with Crippen LogP contribution in [0.25, 0.3) is 0 Å². The molecule has 5 nitrogen and oxygen atoms in total. The Kier molecular flexibility index (Phi) is 4.80. The number of pyridine rings is 1. The van der Waals surface area contributed by atoms with Crippen LogP contribution in [0.15, 0.2) is 78.9 Å². The molecule has 1 aromatic carbocycles. The normalized spacial score (nSPS) is 27.9. The highest BCUT2D eigenvalue weighted by atomic mass is 16.6. The molecule has 1 amide bonds. The van der Waals surface area contributed by atoms with E-state index < -0.39 is 0 Å². The van der Waals surface area contributed by atoms with E-state index >= 15 is 0 Å². The van der Waals surface area contributed by atoms with Crippen LogP contribution in [-0.2, 0) is 15.9 Å². The molecule has 0 saturated carbocycles. The first-order valence-electron chi connectivity index (χ1n) is 10.2. The van der Waals surface area contributed by atoms with Crippen molar-refractivity contribution in [3.63, 3.8) is 0 Å². The molecule has 0 radical (unpaired) electrons. The molecule has 0 bridgehead atoms. The lowest BCUT2D eigenvalue weighted by molar-refractivity contribution is 0.0844. The Bertz CT molecular complexity index is 926. The van der Waals surface area contributed by atoms with Gasteiger partial charge in [0.2, 0.25) is 0 Å². The lowest BCUT2D eigenvalue weighted by Gasteiger charge is -2.32. The van der Waals surface area contributed by atoms with Gasteiger partial charge in [0.25, 0.3) is 0 Å². The molecule has 1 fully saturated rings. The second kappa shape index (κ2) is 7.74. The minimum atomic E-state index is -0.247. The molecule has 2 aliphatic heterocycles. The van der Waals surface area contributed by atoms with Crippen LogP contribution >= 0.6 is 0 Å². The first-order chi connectivity index (χ1) is 14.3. The fourth-order valence-corrected chi connectivity index (χ4v) is 4.66. The van der Waals surface area contributed by atoms with E-state index in [2.05, 4.69) is 35.3 Å². The van der Waals surface area contributed by atoms with Crippen molar-refractivity contribution < 1.29 is 14.3 Å². The van der Waals surface area contributed by atoms with Gasteiger partial charge in [0, 0.05) is 24.9 Å². The Labute approximate surface area is 170 Å². The first kappa shape index (κ1) is 18.0. The van der Waals surface area contributed by atoms with E-state index in [0.29, 0.717) is 18.9 Å². The third kappa shape index (κ3) is 3.53. The van der Waals surface area contributed by atoms with Crippen LogP contribution in [0.1, 0.15) is 30.0 Å². The molecule has 4 atom stereocenters. The number of aromatic nitrogens is 1. The molecular formula is C24H24N2O3. The van der Waals surface area contributed by atoms with Gasteiger partial charge in [-0.2, -0.15) is 0 Å². The van der Waals surface area contributed by atoms with E-state index in [4.69, 9.17) is 9.47 Å². The van der Waals surface area contributed by atoms with Gasteiger partial charge in [-0.1, -0.05) is 36.4 Å². The van der Waals surface area contributed by atoms with Crippen molar-refractivity contribution in [3.8, 4) is 0 Å². The van der Waals surface area contributed by atoms with Gasteiger partial charge in [0.15, 0.2) is 0 Å². The van der Waals surface area contributed by atoms with Gasteiger partial charge in [-0.15, -0.1) is 0 Å². The number of amides is 1. The Hall–Kier alpha value is -3.08. The number of allylic oxidation sites excluding steroid dienone is 1. The van der Waals surface area contributed by atoms with Crippen molar-refractivity contribution in [2.75, 3.05) is 6.54 Å². The summed E-state index contributed by atoms with van der Waals surface area (Å²) in [5.41, 5.74) is 2.30. The number of hydrogen-bond donors (Lipinski definition) is 0. The van der Waals surface area contributed by atoms with Gasteiger partial charge in [-0.05, 0) is 48.6 Å². The summed E-state index contributed by atoms with van der Waals surface area (Å²) in [4.78, 5) is 18.9. The average molecular weight is 388 g/mol. The summed E-state index contributed by atoms with van der Waals surface area (Å²) in [7, 11) is 0. The second-order valence-corrected chi connectivity index (χ2v) is 7.84. The Morgan fingerprint density at radius 1 is 1.10 bits per heavy atom. The monoisotopic (exact) mass is 388 g/mol. The van der Waals surface area contributed by atoms with Crippen LogP contribution in [0.3, 0.4) is 0 Å². The third-order valence-electron chi connectivity index (χ3n) is 6.16. The summed E-state index contributed by atoms with van der Waals surface area (Å²) in [6, 6.07) is 16.3. The van der Waals surface area contributed by atoms with E-state index in [-0.39, 0.29) is 24.2 Å². The van der Waals surface area contributed by atoms with Crippen molar-refractivity contribution in [2.45, 2.75) is 37.3 Å². The first-order valence-corrected chi connectivity index (χ1v) is 10.2. The molecule has 1 aliphatic carbocycles. The van der Waals surface area contributed by atoms with Crippen molar-refractivity contribution in [1.82, 2.24) is 9.88 Å². The summed E-state index contributed by atoms with van der Waals surface area (Å²) in [6.07, 6.45) is 9.73. The number of carbonyl (C=O) groups excluding carboxylic acids is 1. The smallest absolute Gasteiger partial charge is 0.410 e. The van der Waals surface area contributed by atoms with Gasteiger partial charge in [-0.25, -0.2) is 4.79 Å². The number of carbonyl (C=O) groups is 1. The van der Waals surface area contributed by atoms with Crippen LogP contribution in [0.5, 0.6) is 0 Å². The molecule has 3 aliphatic rings. The van der Waals surface area contributed by atoms with E-state index in [1.54, 1.807) is 12.5 Å². The number of hydrogen-bond acceptors (Lipinski definition) is 4. The topological polar surface area (TPSA) is 51.7 Å². The van der Waals surface area contributed by atoms with Crippen LogP contribution in [0.2, 0.25) is 0 Å². The maximum absolute atomic E-state index is 12.7. The SMILES string of the molecule is O=C1OC2C3CC(c4ccccc4)CC=C3OC=CC2N1CCc1ccccn1. The summed E-state index contributed by atoms with van der Waals surface area (Å²) in [5, 5.41) is 0. The molecular weight excluding hydrogens is 364 g/mol. The van der Waals surface area contributed by atoms with Crippen molar-refractivity contribution in [3.05, 3.63) is 90.2 Å². The molecule has 148 valence electrons. The Morgan fingerprint density at radius 3 is 2.79 bits per heavy atom. The van der Waals surface area contributed by atoms with E-state index in [0.717, 1.165) is 24.3 Å². The predicted molar refractivity (Wildman–Crippen MR) is 109 cm³/mol. The summed E-state index contributed by atoms with van der Waals surface area (Å²) < 4.78 is 11.8. The van der Waals surface area contributed by atoms with Crippen LogP contribution in [0, 0.1) is 5.92 Å². The average Bonchev–Trinajstić information content (AvgIpc) is 2.97.